The number of fused-ring (bicyclic) bond motifs is 1. The van der Waals surface area contributed by atoms with E-state index in [9.17, 15) is 9.59 Å². The third-order valence-electron chi connectivity index (χ3n) is 3.90. The van der Waals surface area contributed by atoms with Gasteiger partial charge < -0.3 is 14.7 Å². The number of imidazole rings is 1. The number of esters is 1. The molecule has 6 nitrogen and oxygen atoms in total. The van der Waals surface area contributed by atoms with Crippen molar-refractivity contribution in [3.05, 3.63) is 46.8 Å². The number of nitrogens with zero attached hydrogens (tertiary/aromatic N) is 1. The molecule has 0 bridgehead atoms. The molecule has 0 amide bonds. The number of aryl methyl sites for hydroxylation is 1. The van der Waals surface area contributed by atoms with E-state index in [4.69, 9.17) is 4.74 Å². The van der Waals surface area contributed by atoms with Crippen LogP contribution >= 0.6 is 11.8 Å². The first kappa shape index (κ1) is 17.3. The smallest absolute Gasteiger partial charge is 0.355 e. The minimum absolute atomic E-state index is 0.0488. The highest BCUT2D eigenvalue weighted by Crippen LogP contribution is 2.24. The van der Waals surface area contributed by atoms with Crippen molar-refractivity contribution in [1.82, 2.24) is 15.0 Å². The summed E-state index contributed by atoms with van der Waals surface area (Å²) < 4.78 is 5.02. The van der Waals surface area contributed by atoms with Gasteiger partial charge in [-0.1, -0.05) is 23.9 Å². The van der Waals surface area contributed by atoms with Gasteiger partial charge in [-0.3, -0.25) is 4.79 Å². The first-order chi connectivity index (χ1) is 12.0. The highest BCUT2D eigenvalue weighted by Gasteiger charge is 2.22. The van der Waals surface area contributed by atoms with Crippen LogP contribution in [-0.4, -0.2) is 39.1 Å². The summed E-state index contributed by atoms with van der Waals surface area (Å²) >= 11 is 1.35. The molecule has 0 aliphatic rings. The zero-order valence-corrected chi connectivity index (χ0v) is 15.1. The minimum atomic E-state index is -0.438. The molecule has 0 aliphatic carbocycles. The van der Waals surface area contributed by atoms with Crippen LogP contribution in [0.5, 0.6) is 0 Å². The molecule has 3 aromatic rings. The Morgan fingerprint density at radius 1 is 1.20 bits per heavy atom. The Kier molecular flexibility index (Phi) is 4.94. The number of carbonyl (C=O) groups is 2. The number of ether oxygens (including phenoxy) is 1. The van der Waals surface area contributed by atoms with Gasteiger partial charge in [0.15, 0.2) is 10.9 Å². The summed E-state index contributed by atoms with van der Waals surface area (Å²) in [5.74, 6) is -0.249. The molecule has 130 valence electrons. The lowest BCUT2D eigenvalue weighted by molar-refractivity contribution is 0.0519. The van der Waals surface area contributed by atoms with E-state index in [-0.39, 0.29) is 11.5 Å². The Morgan fingerprint density at radius 2 is 1.96 bits per heavy atom. The van der Waals surface area contributed by atoms with Gasteiger partial charge in [-0.2, -0.15) is 0 Å². The van der Waals surface area contributed by atoms with Crippen molar-refractivity contribution in [3.63, 3.8) is 0 Å². The summed E-state index contributed by atoms with van der Waals surface area (Å²) in [5, 5.41) is 0.700. The number of nitrogens with one attached hydrogen (secondary N) is 2. The number of thioether (sulfide) groups is 1. The molecule has 3 rings (SSSR count). The van der Waals surface area contributed by atoms with Gasteiger partial charge in [0.05, 0.1) is 23.4 Å². The van der Waals surface area contributed by atoms with Crippen LogP contribution in [-0.2, 0) is 4.74 Å². The molecule has 0 fully saturated rings. The van der Waals surface area contributed by atoms with Crippen LogP contribution in [0.15, 0.2) is 29.4 Å². The Hall–Kier alpha value is -2.54. The van der Waals surface area contributed by atoms with Crippen molar-refractivity contribution in [3.8, 4) is 0 Å². The first-order valence-corrected chi connectivity index (χ1v) is 8.96. The molecule has 0 atom stereocenters. The molecule has 2 N–H and O–H groups in total. The summed E-state index contributed by atoms with van der Waals surface area (Å²) in [4.78, 5) is 35.2. The molecule has 0 saturated carbocycles. The fourth-order valence-electron chi connectivity index (χ4n) is 2.78. The van der Waals surface area contributed by atoms with E-state index in [0.29, 0.717) is 34.3 Å². The highest BCUT2D eigenvalue weighted by molar-refractivity contribution is 7.99. The van der Waals surface area contributed by atoms with Crippen molar-refractivity contribution in [2.24, 2.45) is 0 Å². The fourth-order valence-corrected chi connectivity index (χ4v) is 3.54. The average Bonchev–Trinajstić information content (AvgIpc) is 3.13. The second kappa shape index (κ2) is 7.14. The molecule has 0 spiro atoms. The molecule has 0 radical (unpaired) electrons. The van der Waals surface area contributed by atoms with Gasteiger partial charge in [0.1, 0.15) is 5.69 Å². The number of hydrogen-bond acceptors (Lipinski definition) is 5. The number of carbonyl (C=O) groups excluding carboxylic acids is 2. The standard InChI is InChI=1S/C18H19N3O3S/c1-4-24-17(23)16-10(2)15(11(3)19-16)14(22)9-25-18-20-12-7-5-6-8-13(12)21-18/h5-8,19H,4,9H2,1-3H3,(H,20,21). The molecular weight excluding hydrogens is 338 g/mol. The molecule has 25 heavy (non-hydrogen) atoms. The van der Waals surface area contributed by atoms with Crippen LogP contribution in [0.1, 0.15) is 39.0 Å². The van der Waals surface area contributed by atoms with E-state index >= 15 is 0 Å². The number of Topliss-reactive ketones (excluding diaryl/α,β-unsaturated/α-hetero) is 1. The predicted molar refractivity (Wildman–Crippen MR) is 97.4 cm³/mol. The van der Waals surface area contributed by atoms with Gasteiger partial charge in [0.25, 0.3) is 0 Å². The van der Waals surface area contributed by atoms with Crippen molar-refractivity contribution in [2.45, 2.75) is 25.9 Å². The number of benzene rings is 1. The van der Waals surface area contributed by atoms with Gasteiger partial charge >= 0.3 is 5.97 Å². The summed E-state index contributed by atoms with van der Waals surface area (Å²) in [6.07, 6.45) is 0. The van der Waals surface area contributed by atoms with E-state index in [1.807, 2.05) is 24.3 Å². The maximum Gasteiger partial charge on any atom is 0.355 e. The number of H-pyrrole nitrogens is 2. The summed E-state index contributed by atoms with van der Waals surface area (Å²) in [6.45, 7) is 5.59. The topological polar surface area (TPSA) is 87.8 Å². The lowest BCUT2D eigenvalue weighted by atomic mass is 10.1. The van der Waals surface area contributed by atoms with Crippen LogP contribution in [0.25, 0.3) is 11.0 Å². The van der Waals surface area contributed by atoms with Crippen LogP contribution in [0.3, 0.4) is 0 Å². The Labute approximate surface area is 149 Å². The maximum absolute atomic E-state index is 12.6. The number of hydrogen-bond donors (Lipinski definition) is 2. The first-order valence-electron chi connectivity index (χ1n) is 7.98. The average molecular weight is 357 g/mol. The van der Waals surface area contributed by atoms with E-state index < -0.39 is 5.97 Å². The van der Waals surface area contributed by atoms with Gasteiger partial charge in [-0.25, -0.2) is 9.78 Å². The van der Waals surface area contributed by atoms with E-state index in [2.05, 4.69) is 15.0 Å². The normalized spacial score (nSPS) is 11.0. The van der Waals surface area contributed by atoms with E-state index in [1.54, 1.807) is 20.8 Å². The van der Waals surface area contributed by atoms with Gasteiger partial charge in [0.2, 0.25) is 0 Å². The molecule has 0 unspecified atom stereocenters. The SMILES string of the molecule is CCOC(=O)c1[nH]c(C)c(C(=O)CSc2nc3ccccc3[nH]2)c1C. The zero-order valence-electron chi connectivity index (χ0n) is 14.3. The van der Waals surface area contributed by atoms with Gasteiger partial charge in [-0.05, 0) is 38.5 Å². The number of para-hydroxylation sites is 2. The predicted octanol–water partition coefficient (Wildman–Crippen LogP) is 3.66. The van der Waals surface area contributed by atoms with Crippen molar-refractivity contribution in [2.75, 3.05) is 12.4 Å². The number of ketones is 1. The molecule has 0 aliphatic heterocycles. The molecule has 2 heterocycles. The fraction of sp³-hybridized carbons (Fsp3) is 0.278. The molecule has 0 saturated heterocycles. The van der Waals surface area contributed by atoms with Crippen LogP contribution in [0, 0.1) is 13.8 Å². The van der Waals surface area contributed by atoms with Crippen molar-refractivity contribution >= 4 is 34.5 Å². The summed E-state index contributed by atoms with van der Waals surface area (Å²) in [7, 11) is 0. The van der Waals surface area contributed by atoms with Gasteiger partial charge in [0, 0.05) is 11.3 Å². The molecule has 2 aromatic heterocycles. The Bertz CT molecular complexity index is 909. The lowest BCUT2D eigenvalue weighted by Crippen LogP contribution is -2.08. The van der Waals surface area contributed by atoms with Gasteiger partial charge in [-0.15, -0.1) is 0 Å². The largest absolute Gasteiger partial charge is 0.461 e. The maximum atomic E-state index is 12.6. The van der Waals surface area contributed by atoms with Crippen LogP contribution < -0.4 is 0 Å². The quantitative estimate of drug-likeness (QED) is 0.399. The van der Waals surface area contributed by atoms with E-state index in [1.165, 1.54) is 11.8 Å². The Balaban J connectivity index is 1.76. The second-order valence-corrected chi connectivity index (χ2v) is 6.58. The van der Waals surface area contributed by atoms with Crippen molar-refractivity contribution in [1.29, 1.82) is 0 Å². The minimum Gasteiger partial charge on any atom is -0.461 e. The third-order valence-corrected chi connectivity index (χ3v) is 4.78. The zero-order chi connectivity index (χ0) is 18.0. The Morgan fingerprint density at radius 3 is 2.68 bits per heavy atom. The summed E-state index contributed by atoms with van der Waals surface area (Å²) in [6, 6.07) is 7.72. The summed E-state index contributed by atoms with van der Waals surface area (Å²) in [5.41, 5.74) is 4.01. The third kappa shape index (κ3) is 3.46. The number of aromatic nitrogens is 3. The van der Waals surface area contributed by atoms with Crippen LogP contribution in [0.4, 0.5) is 0 Å². The molecule has 1 aromatic carbocycles. The second-order valence-electron chi connectivity index (χ2n) is 5.62. The molecular formula is C18H19N3O3S. The monoisotopic (exact) mass is 357 g/mol. The van der Waals surface area contributed by atoms with Crippen LogP contribution in [0.2, 0.25) is 0 Å². The highest BCUT2D eigenvalue weighted by atomic mass is 32.2. The van der Waals surface area contributed by atoms with E-state index in [0.717, 1.165) is 11.0 Å². The molecule has 7 heteroatoms. The van der Waals surface area contributed by atoms with Crippen molar-refractivity contribution < 1.29 is 14.3 Å². The lowest BCUT2D eigenvalue weighted by Gasteiger charge is -2.02. The number of aromatic amines is 2. The number of rotatable bonds is 6.